The van der Waals surface area contributed by atoms with Gasteiger partial charge in [-0.15, -0.1) is 0 Å². The van der Waals surface area contributed by atoms with E-state index in [9.17, 15) is 4.79 Å². The Morgan fingerprint density at radius 1 is 1.30 bits per heavy atom. The van der Waals surface area contributed by atoms with Crippen molar-refractivity contribution >= 4 is 17.3 Å². The fourth-order valence-corrected chi connectivity index (χ4v) is 1.67. The molecule has 6 heteroatoms. The van der Waals surface area contributed by atoms with Crippen LogP contribution in [-0.2, 0) is 9.47 Å². The van der Waals surface area contributed by atoms with E-state index < -0.39 is 5.97 Å². The van der Waals surface area contributed by atoms with Gasteiger partial charge in [0.25, 0.3) is 0 Å². The second-order valence-corrected chi connectivity index (χ2v) is 4.35. The molecule has 0 aromatic heterocycles. The Hall–Kier alpha value is -1.79. The highest BCUT2D eigenvalue weighted by Gasteiger charge is 2.07. The van der Waals surface area contributed by atoms with Crippen LogP contribution in [0.15, 0.2) is 18.2 Å². The van der Waals surface area contributed by atoms with E-state index >= 15 is 0 Å². The molecular formula is C14H22N2O4. The number of nitrogen functional groups attached to an aromatic ring is 1. The number of hydrogen-bond acceptors (Lipinski definition) is 5. The highest BCUT2D eigenvalue weighted by atomic mass is 16.5. The van der Waals surface area contributed by atoms with Crippen molar-refractivity contribution in [3.05, 3.63) is 23.8 Å². The quantitative estimate of drug-likeness (QED) is 0.448. The summed E-state index contributed by atoms with van der Waals surface area (Å²) in [5.74, 6) is -1.01. The van der Waals surface area contributed by atoms with Crippen LogP contribution in [0.5, 0.6) is 0 Å². The van der Waals surface area contributed by atoms with E-state index in [1.165, 1.54) is 6.07 Å². The van der Waals surface area contributed by atoms with Crippen LogP contribution in [0.2, 0.25) is 0 Å². The summed E-state index contributed by atoms with van der Waals surface area (Å²) in [4.78, 5) is 10.8. The van der Waals surface area contributed by atoms with E-state index in [1.54, 1.807) is 19.2 Å². The van der Waals surface area contributed by atoms with E-state index in [0.717, 1.165) is 25.1 Å². The first-order chi connectivity index (χ1) is 9.65. The molecule has 1 rings (SSSR count). The van der Waals surface area contributed by atoms with Crippen molar-refractivity contribution < 1.29 is 19.4 Å². The van der Waals surface area contributed by atoms with Gasteiger partial charge in [-0.25, -0.2) is 4.79 Å². The maximum atomic E-state index is 10.8. The van der Waals surface area contributed by atoms with E-state index in [0.29, 0.717) is 19.8 Å². The number of aromatic carboxylic acids is 1. The fourth-order valence-electron chi connectivity index (χ4n) is 1.67. The third-order valence-corrected chi connectivity index (χ3v) is 2.76. The lowest BCUT2D eigenvalue weighted by Crippen LogP contribution is -2.07. The summed E-state index contributed by atoms with van der Waals surface area (Å²) in [7, 11) is 1.65. The van der Waals surface area contributed by atoms with E-state index in [4.69, 9.17) is 20.3 Å². The topological polar surface area (TPSA) is 93.8 Å². The van der Waals surface area contributed by atoms with Crippen LogP contribution in [0.25, 0.3) is 0 Å². The molecule has 112 valence electrons. The number of anilines is 2. The van der Waals surface area contributed by atoms with Crippen molar-refractivity contribution in [3.8, 4) is 0 Å². The predicted octanol–water partition coefficient (Wildman–Crippen LogP) is 1.82. The second kappa shape index (κ2) is 9.17. The molecule has 0 aliphatic heterocycles. The Balaban J connectivity index is 2.19. The summed E-state index contributed by atoms with van der Waals surface area (Å²) in [5.41, 5.74) is 6.89. The molecular weight excluding hydrogens is 260 g/mol. The number of rotatable bonds is 10. The van der Waals surface area contributed by atoms with Gasteiger partial charge in [-0.2, -0.15) is 0 Å². The molecule has 0 spiro atoms. The van der Waals surface area contributed by atoms with Gasteiger partial charge < -0.3 is 25.6 Å². The van der Waals surface area contributed by atoms with Gasteiger partial charge >= 0.3 is 5.97 Å². The van der Waals surface area contributed by atoms with Crippen LogP contribution in [0.4, 0.5) is 11.4 Å². The van der Waals surface area contributed by atoms with Crippen molar-refractivity contribution in [3.63, 3.8) is 0 Å². The SMILES string of the molecule is COCCOCCCCNc1ccc(C(=O)O)c(N)c1. The lowest BCUT2D eigenvalue weighted by molar-refractivity contribution is 0.0691. The van der Waals surface area contributed by atoms with Gasteiger partial charge in [-0.05, 0) is 31.0 Å². The minimum absolute atomic E-state index is 0.127. The van der Waals surface area contributed by atoms with Crippen LogP contribution >= 0.6 is 0 Å². The number of methoxy groups -OCH3 is 1. The van der Waals surface area contributed by atoms with E-state index in [-0.39, 0.29) is 11.3 Å². The molecule has 0 aliphatic rings. The highest BCUT2D eigenvalue weighted by Crippen LogP contribution is 2.18. The number of nitrogens with one attached hydrogen (secondary N) is 1. The molecule has 0 bridgehead atoms. The van der Waals surface area contributed by atoms with Gasteiger partial charge in [0.15, 0.2) is 0 Å². The molecule has 20 heavy (non-hydrogen) atoms. The zero-order valence-electron chi connectivity index (χ0n) is 11.7. The van der Waals surface area contributed by atoms with Crippen LogP contribution in [0.1, 0.15) is 23.2 Å². The Morgan fingerprint density at radius 3 is 2.75 bits per heavy atom. The zero-order valence-corrected chi connectivity index (χ0v) is 11.7. The third-order valence-electron chi connectivity index (χ3n) is 2.76. The monoisotopic (exact) mass is 282 g/mol. The largest absolute Gasteiger partial charge is 0.478 e. The van der Waals surface area contributed by atoms with Gasteiger partial charge in [0, 0.05) is 31.6 Å². The average Bonchev–Trinajstić information content (AvgIpc) is 2.41. The van der Waals surface area contributed by atoms with Crippen LogP contribution in [0.3, 0.4) is 0 Å². The number of nitrogens with two attached hydrogens (primary N) is 1. The minimum Gasteiger partial charge on any atom is -0.478 e. The Bertz CT molecular complexity index is 424. The Morgan fingerprint density at radius 2 is 2.10 bits per heavy atom. The van der Waals surface area contributed by atoms with Crippen LogP contribution in [-0.4, -0.2) is 44.6 Å². The molecule has 0 amide bonds. The first-order valence-corrected chi connectivity index (χ1v) is 6.58. The number of ether oxygens (including phenoxy) is 2. The van der Waals surface area contributed by atoms with Crippen molar-refractivity contribution in [2.24, 2.45) is 0 Å². The molecule has 0 heterocycles. The Kier molecular flexibility index (Phi) is 7.46. The number of carbonyl (C=O) groups is 1. The standard InChI is InChI=1S/C14H22N2O4/c1-19-8-9-20-7-3-2-6-16-11-4-5-12(14(17)18)13(15)10-11/h4-5,10,16H,2-3,6-9,15H2,1H3,(H,17,18). The summed E-state index contributed by atoms with van der Waals surface area (Å²) < 4.78 is 10.2. The predicted molar refractivity (Wildman–Crippen MR) is 78.2 cm³/mol. The van der Waals surface area contributed by atoms with Gasteiger partial charge in [0.05, 0.1) is 18.8 Å². The van der Waals surface area contributed by atoms with Crippen molar-refractivity contribution in [2.45, 2.75) is 12.8 Å². The molecule has 1 aromatic rings. The molecule has 6 nitrogen and oxygen atoms in total. The summed E-state index contributed by atoms with van der Waals surface area (Å²) >= 11 is 0. The number of unbranched alkanes of at least 4 members (excludes halogenated alkanes) is 1. The highest BCUT2D eigenvalue weighted by molar-refractivity contribution is 5.94. The molecule has 0 unspecified atom stereocenters. The van der Waals surface area contributed by atoms with E-state index in [2.05, 4.69) is 5.32 Å². The van der Waals surface area contributed by atoms with Crippen molar-refractivity contribution in [1.29, 1.82) is 0 Å². The molecule has 0 aliphatic carbocycles. The smallest absolute Gasteiger partial charge is 0.337 e. The van der Waals surface area contributed by atoms with Crippen molar-refractivity contribution in [1.82, 2.24) is 0 Å². The molecule has 0 atom stereocenters. The average molecular weight is 282 g/mol. The lowest BCUT2D eigenvalue weighted by atomic mass is 10.1. The Labute approximate surface area is 118 Å². The molecule has 0 radical (unpaired) electrons. The number of carboxylic acid groups (broad SMARTS) is 1. The summed E-state index contributed by atoms with van der Waals surface area (Å²) in [5, 5.41) is 12.1. The van der Waals surface area contributed by atoms with Crippen molar-refractivity contribution in [2.75, 3.05) is 44.5 Å². The minimum atomic E-state index is -1.01. The van der Waals surface area contributed by atoms with Gasteiger partial charge in [-0.1, -0.05) is 0 Å². The normalized spacial score (nSPS) is 10.4. The maximum absolute atomic E-state index is 10.8. The molecule has 0 fully saturated rings. The third kappa shape index (κ3) is 5.90. The summed E-state index contributed by atoms with van der Waals surface area (Å²) in [6.07, 6.45) is 1.92. The fraction of sp³-hybridized carbons (Fsp3) is 0.500. The van der Waals surface area contributed by atoms with E-state index in [1.807, 2.05) is 0 Å². The summed E-state index contributed by atoms with van der Waals surface area (Å²) in [6.45, 7) is 2.75. The number of hydrogen-bond donors (Lipinski definition) is 3. The molecule has 0 saturated carbocycles. The summed E-state index contributed by atoms with van der Waals surface area (Å²) in [6, 6.07) is 4.86. The number of benzene rings is 1. The molecule has 4 N–H and O–H groups in total. The first kappa shape index (κ1) is 16.3. The lowest BCUT2D eigenvalue weighted by Gasteiger charge is -2.09. The van der Waals surface area contributed by atoms with Gasteiger partial charge in [-0.3, -0.25) is 0 Å². The van der Waals surface area contributed by atoms with Crippen LogP contribution in [0, 0.1) is 0 Å². The molecule has 1 aromatic carbocycles. The number of carboxylic acids is 1. The van der Waals surface area contributed by atoms with Crippen LogP contribution < -0.4 is 11.1 Å². The molecule has 0 saturated heterocycles. The maximum Gasteiger partial charge on any atom is 0.337 e. The second-order valence-electron chi connectivity index (χ2n) is 4.35. The van der Waals surface area contributed by atoms with Gasteiger partial charge in [0.1, 0.15) is 0 Å². The zero-order chi connectivity index (χ0) is 14.8. The van der Waals surface area contributed by atoms with Gasteiger partial charge in [0.2, 0.25) is 0 Å². The first-order valence-electron chi connectivity index (χ1n) is 6.58.